The van der Waals surface area contributed by atoms with Crippen molar-refractivity contribution >= 4 is 27.2 Å². The average molecular weight is 286 g/mol. The number of hydrogen-bond acceptors (Lipinski definition) is 3. The first-order valence-corrected chi connectivity index (χ1v) is 7.37. The van der Waals surface area contributed by atoms with Crippen LogP contribution in [0.4, 0.5) is 0 Å². The topological polar surface area (TPSA) is 63.4 Å². The van der Waals surface area contributed by atoms with Gasteiger partial charge in [-0.1, -0.05) is 24.4 Å². The Kier molecular flexibility index (Phi) is 4.47. The van der Waals surface area contributed by atoms with Crippen LogP contribution in [0.5, 0.6) is 0 Å². The summed E-state index contributed by atoms with van der Waals surface area (Å²) in [5.74, 6) is 0. The number of benzene rings is 1. The van der Waals surface area contributed by atoms with Crippen LogP contribution < -0.4 is 5.73 Å². The molecule has 1 aromatic carbocycles. The van der Waals surface area contributed by atoms with E-state index in [9.17, 15) is 8.42 Å². The van der Waals surface area contributed by atoms with Crippen LogP contribution in [0.15, 0.2) is 23.1 Å². The van der Waals surface area contributed by atoms with Crippen molar-refractivity contribution in [2.75, 3.05) is 7.05 Å². The molecule has 0 aliphatic carbocycles. The van der Waals surface area contributed by atoms with Crippen molar-refractivity contribution in [3.05, 3.63) is 29.3 Å². The van der Waals surface area contributed by atoms with Gasteiger partial charge >= 0.3 is 0 Å². The molecule has 0 saturated heterocycles. The molecule has 0 heterocycles. The van der Waals surface area contributed by atoms with Crippen molar-refractivity contribution in [2.24, 2.45) is 5.73 Å². The molecule has 0 spiro atoms. The molecule has 0 aromatic heterocycles. The molecule has 0 bridgehead atoms. The number of rotatable bonds is 4. The zero-order valence-corrected chi connectivity index (χ0v) is 12.6. The van der Waals surface area contributed by atoms with Gasteiger partial charge in [0.15, 0.2) is 0 Å². The Morgan fingerprint density at radius 3 is 2.44 bits per heavy atom. The second-order valence-electron chi connectivity index (χ2n) is 4.37. The highest BCUT2D eigenvalue weighted by Crippen LogP contribution is 2.21. The van der Waals surface area contributed by atoms with Crippen LogP contribution in [0.25, 0.3) is 0 Å². The first kappa shape index (κ1) is 15.1. The molecule has 100 valence electrons. The minimum absolute atomic E-state index is 0.159. The fraction of sp³-hybridized carbons (Fsp3) is 0.417. The van der Waals surface area contributed by atoms with Crippen molar-refractivity contribution in [1.82, 2.24) is 4.31 Å². The minimum Gasteiger partial charge on any atom is -0.392 e. The summed E-state index contributed by atoms with van der Waals surface area (Å²) in [4.78, 5) is 0.458. The Balaban J connectivity index is 3.29. The van der Waals surface area contributed by atoms with Crippen LogP contribution in [-0.2, 0) is 10.0 Å². The second-order valence-corrected chi connectivity index (χ2v) is 6.81. The van der Waals surface area contributed by atoms with Gasteiger partial charge in [0.25, 0.3) is 0 Å². The third-order valence-electron chi connectivity index (χ3n) is 2.96. The normalized spacial score (nSPS) is 13.6. The first-order chi connectivity index (χ1) is 8.17. The SMILES string of the molecule is Cc1ccc(C)c(S(=O)(=O)N(C)C(C)C(N)=S)c1. The molecule has 0 saturated carbocycles. The van der Waals surface area contributed by atoms with Crippen molar-refractivity contribution in [3.8, 4) is 0 Å². The number of thiocarbonyl (C=S) groups is 1. The van der Waals surface area contributed by atoms with Gasteiger partial charge in [0.1, 0.15) is 0 Å². The van der Waals surface area contributed by atoms with Crippen LogP contribution in [0.3, 0.4) is 0 Å². The lowest BCUT2D eigenvalue weighted by Gasteiger charge is -2.24. The molecule has 0 amide bonds. The summed E-state index contributed by atoms with van der Waals surface area (Å²) >= 11 is 4.84. The van der Waals surface area contributed by atoms with Gasteiger partial charge < -0.3 is 5.73 Å². The predicted molar refractivity (Wildman–Crippen MR) is 77.1 cm³/mol. The van der Waals surface area contributed by atoms with Crippen molar-refractivity contribution < 1.29 is 8.42 Å². The number of nitrogens with zero attached hydrogens (tertiary/aromatic N) is 1. The van der Waals surface area contributed by atoms with E-state index in [1.807, 2.05) is 13.0 Å². The molecular weight excluding hydrogens is 268 g/mol. The fourth-order valence-electron chi connectivity index (χ4n) is 1.53. The Hall–Kier alpha value is -0.980. The fourth-order valence-corrected chi connectivity index (χ4v) is 3.40. The van der Waals surface area contributed by atoms with Gasteiger partial charge in [-0.15, -0.1) is 0 Å². The van der Waals surface area contributed by atoms with E-state index in [2.05, 4.69) is 0 Å². The molecule has 0 aliphatic rings. The second kappa shape index (κ2) is 5.34. The van der Waals surface area contributed by atoms with Gasteiger partial charge in [-0.25, -0.2) is 8.42 Å². The third kappa shape index (κ3) is 2.88. The molecule has 18 heavy (non-hydrogen) atoms. The van der Waals surface area contributed by atoms with Crippen molar-refractivity contribution in [1.29, 1.82) is 0 Å². The summed E-state index contributed by atoms with van der Waals surface area (Å²) in [5.41, 5.74) is 7.11. The summed E-state index contributed by atoms with van der Waals surface area (Å²) in [6.45, 7) is 5.30. The lowest BCUT2D eigenvalue weighted by molar-refractivity contribution is 0.451. The van der Waals surface area contributed by atoms with Gasteiger partial charge in [0, 0.05) is 7.05 Å². The Bertz CT molecular complexity index is 567. The number of nitrogens with two attached hydrogens (primary N) is 1. The minimum atomic E-state index is -3.57. The summed E-state index contributed by atoms with van der Waals surface area (Å²) in [7, 11) is -2.08. The van der Waals surface area contributed by atoms with Crippen molar-refractivity contribution in [2.45, 2.75) is 31.7 Å². The van der Waals surface area contributed by atoms with Crippen LogP contribution >= 0.6 is 12.2 Å². The Morgan fingerprint density at radius 2 is 1.94 bits per heavy atom. The van der Waals surface area contributed by atoms with E-state index in [1.165, 1.54) is 11.4 Å². The number of likely N-dealkylation sites (N-methyl/N-ethyl adjacent to an activating group) is 1. The number of hydrogen-bond donors (Lipinski definition) is 1. The van der Waals surface area contributed by atoms with Gasteiger partial charge in [-0.3, -0.25) is 0 Å². The largest absolute Gasteiger partial charge is 0.392 e. The van der Waals surface area contributed by atoms with E-state index in [1.54, 1.807) is 26.0 Å². The molecule has 0 radical (unpaired) electrons. The summed E-state index contributed by atoms with van der Waals surface area (Å²) in [5, 5.41) is 0. The monoisotopic (exact) mass is 286 g/mol. The Morgan fingerprint density at radius 1 is 1.39 bits per heavy atom. The highest BCUT2D eigenvalue weighted by atomic mass is 32.2. The highest BCUT2D eigenvalue weighted by Gasteiger charge is 2.28. The maximum Gasteiger partial charge on any atom is 0.243 e. The van der Waals surface area contributed by atoms with Crippen molar-refractivity contribution in [3.63, 3.8) is 0 Å². The third-order valence-corrected chi connectivity index (χ3v) is 5.37. The molecule has 1 unspecified atom stereocenters. The highest BCUT2D eigenvalue weighted by molar-refractivity contribution is 7.89. The summed E-state index contributed by atoms with van der Waals surface area (Å²) in [6, 6.07) is 4.82. The molecule has 2 N–H and O–H groups in total. The number of aryl methyl sites for hydroxylation is 2. The van der Waals surface area contributed by atoms with E-state index in [0.29, 0.717) is 10.5 Å². The molecule has 0 aliphatic heterocycles. The van der Waals surface area contributed by atoms with Crippen LogP contribution in [0.1, 0.15) is 18.1 Å². The van der Waals surface area contributed by atoms with Crippen LogP contribution in [0.2, 0.25) is 0 Å². The average Bonchev–Trinajstić information content (AvgIpc) is 2.29. The van der Waals surface area contributed by atoms with Gasteiger partial charge in [0.05, 0.1) is 15.9 Å². The van der Waals surface area contributed by atoms with Gasteiger partial charge in [-0.05, 0) is 38.0 Å². The molecule has 0 fully saturated rings. The first-order valence-electron chi connectivity index (χ1n) is 5.52. The quantitative estimate of drug-likeness (QED) is 0.854. The molecule has 1 aromatic rings. The van der Waals surface area contributed by atoms with Gasteiger partial charge in [0.2, 0.25) is 10.0 Å². The van der Waals surface area contributed by atoms with E-state index in [4.69, 9.17) is 18.0 Å². The molecule has 1 atom stereocenters. The van der Waals surface area contributed by atoms with Gasteiger partial charge in [-0.2, -0.15) is 4.31 Å². The summed E-state index contributed by atoms with van der Waals surface area (Å²) < 4.78 is 26.1. The van der Waals surface area contributed by atoms with E-state index in [0.717, 1.165) is 5.56 Å². The molecule has 1 rings (SSSR count). The maximum absolute atomic E-state index is 12.5. The number of sulfonamides is 1. The molecule has 6 heteroatoms. The van der Waals surface area contributed by atoms with Crippen LogP contribution in [-0.4, -0.2) is 30.8 Å². The zero-order valence-electron chi connectivity index (χ0n) is 11.0. The molecule has 4 nitrogen and oxygen atoms in total. The lowest BCUT2D eigenvalue weighted by Crippen LogP contribution is -2.42. The lowest BCUT2D eigenvalue weighted by atomic mass is 10.2. The Labute approximate surface area is 114 Å². The zero-order chi connectivity index (χ0) is 14.1. The van der Waals surface area contributed by atoms with E-state index in [-0.39, 0.29) is 4.99 Å². The molecular formula is C12H18N2O2S2. The standard InChI is InChI=1S/C12H18N2O2S2/c1-8-5-6-9(2)11(7-8)18(15,16)14(4)10(3)12(13)17/h5-7,10H,1-4H3,(H2,13,17). The van der Waals surface area contributed by atoms with E-state index >= 15 is 0 Å². The smallest absolute Gasteiger partial charge is 0.243 e. The predicted octanol–water partition coefficient (Wildman–Crippen LogP) is 1.60. The maximum atomic E-state index is 12.5. The van der Waals surface area contributed by atoms with E-state index < -0.39 is 16.1 Å². The summed E-state index contributed by atoms with van der Waals surface area (Å²) in [6.07, 6.45) is 0. The van der Waals surface area contributed by atoms with Crippen LogP contribution in [0, 0.1) is 13.8 Å².